The van der Waals surface area contributed by atoms with E-state index in [4.69, 9.17) is 4.74 Å². The van der Waals surface area contributed by atoms with Crippen LogP contribution in [0.2, 0.25) is 0 Å². The minimum absolute atomic E-state index is 0.144. The van der Waals surface area contributed by atoms with Crippen molar-refractivity contribution in [2.75, 3.05) is 18.4 Å². The molecule has 2 aromatic carbocycles. The van der Waals surface area contributed by atoms with Crippen molar-refractivity contribution < 1.29 is 22.7 Å². The van der Waals surface area contributed by atoms with Gasteiger partial charge < -0.3 is 10.1 Å². The molecule has 1 fully saturated rings. The molecule has 0 saturated carbocycles. The van der Waals surface area contributed by atoms with Gasteiger partial charge in [-0.2, -0.15) is 4.31 Å². The van der Waals surface area contributed by atoms with E-state index in [0.29, 0.717) is 24.7 Å². The molecule has 1 heterocycles. The Balaban J connectivity index is 1.63. The van der Waals surface area contributed by atoms with E-state index < -0.39 is 28.0 Å². The molecule has 1 aliphatic rings. The van der Waals surface area contributed by atoms with E-state index in [1.54, 1.807) is 0 Å². The molecule has 0 spiro atoms. The number of nitrogens with zero attached hydrogens (tertiary/aromatic N) is 1. The van der Waals surface area contributed by atoms with Crippen LogP contribution in [0.4, 0.5) is 5.69 Å². The summed E-state index contributed by atoms with van der Waals surface area (Å²) in [7, 11) is -3.60. The van der Waals surface area contributed by atoms with Crippen LogP contribution < -0.4 is 5.32 Å². The number of piperidine rings is 1. The topological polar surface area (TPSA) is 92.8 Å². The van der Waals surface area contributed by atoms with Crippen LogP contribution in [0.5, 0.6) is 0 Å². The van der Waals surface area contributed by atoms with Crippen LogP contribution in [0.3, 0.4) is 0 Å². The number of hydrogen-bond donors (Lipinski definition) is 1. The van der Waals surface area contributed by atoms with Crippen molar-refractivity contribution in [1.29, 1.82) is 0 Å². The molecular formula is C26H34N2O5S. The fourth-order valence-electron chi connectivity index (χ4n) is 3.91. The summed E-state index contributed by atoms with van der Waals surface area (Å²) >= 11 is 0. The second kappa shape index (κ2) is 11.1. The highest BCUT2D eigenvalue weighted by molar-refractivity contribution is 7.89. The lowest BCUT2D eigenvalue weighted by molar-refractivity contribution is -0.123. The molecule has 7 nitrogen and oxygen atoms in total. The Bertz CT molecular complexity index is 1110. The van der Waals surface area contributed by atoms with Crippen LogP contribution in [0.1, 0.15) is 68.8 Å². The maximum absolute atomic E-state index is 12.9. The van der Waals surface area contributed by atoms with Gasteiger partial charge in [-0.25, -0.2) is 13.2 Å². The summed E-state index contributed by atoms with van der Waals surface area (Å²) in [6, 6.07) is 13.2. The Kier molecular flexibility index (Phi) is 8.49. The number of ether oxygens (including phenoxy) is 1. The second-order valence-electron chi connectivity index (χ2n) is 9.04. The molecule has 1 aliphatic heterocycles. The van der Waals surface area contributed by atoms with Crippen LogP contribution in [0.15, 0.2) is 53.4 Å². The van der Waals surface area contributed by atoms with Gasteiger partial charge >= 0.3 is 5.97 Å². The van der Waals surface area contributed by atoms with Gasteiger partial charge in [0.1, 0.15) is 0 Å². The number of hydrogen-bond acceptors (Lipinski definition) is 5. The Morgan fingerprint density at radius 3 is 2.29 bits per heavy atom. The van der Waals surface area contributed by atoms with Gasteiger partial charge in [0.2, 0.25) is 10.0 Å². The van der Waals surface area contributed by atoms with Crippen molar-refractivity contribution in [3.63, 3.8) is 0 Å². The van der Waals surface area contributed by atoms with Crippen LogP contribution in [0, 0.1) is 5.92 Å². The van der Waals surface area contributed by atoms with E-state index in [9.17, 15) is 18.0 Å². The zero-order chi connectivity index (χ0) is 24.9. The maximum Gasteiger partial charge on any atom is 0.338 e. The molecule has 1 amide bonds. The van der Waals surface area contributed by atoms with Crippen LogP contribution in [0.25, 0.3) is 0 Å². The smallest absolute Gasteiger partial charge is 0.338 e. The molecule has 2 aromatic rings. The van der Waals surface area contributed by atoms with Gasteiger partial charge in [0.15, 0.2) is 6.10 Å². The fourth-order valence-corrected chi connectivity index (χ4v) is 5.38. The summed E-state index contributed by atoms with van der Waals surface area (Å²) in [5.74, 6) is -0.319. The van der Waals surface area contributed by atoms with E-state index in [2.05, 4.69) is 26.1 Å². The molecule has 2 unspecified atom stereocenters. The molecule has 0 aromatic heterocycles. The number of para-hydroxylation sites is 1. The number of amides is 1. The largest absolute Gasteiger partial charge is 0.449 e. The number of esters is 1. The summed E-state index contributed by atoms with van der Waals surface area (Å²) < 4.78 is 32.6. The van der Waals surface area contributed by atoms with E-state index in [1.165, 1.54) is 35.5 Å². The van der Waals surface area contributed by atoms with Gasteiger partial charge in [-0.15, -0.1) is 0 Å². The monoisotopic (exact) mass is 486 g/mol. The maximum atomic E-state index is 12.9. The van der Waals surface area contributed by atoms with Crippen molar-refractivity contribution in [2.24, 2.45) is 5.92 Å². The van der Waals surface area contributed by atoms with E-state index >= 15 is 0 Å². The molecule has 8 heteroatoms. The third-order valence-corrected chi connectivity index (χ3v) is 8.40. The highest BCUT2D eigenvalue weighted by atomic mass is 32.2. The van der Waals surface area contributed by atoms with Crippen molar-refractivity contribution in [1.82, 2.24) is 4.31 Å². The van der Waals surface area contributed by atoms with Crippen LogP contribution in [-0.2, 0) is 19.6 Å². The Labute approximate surface area is 202 Å². The predicted octanol–water partition coefficient (Wildman–Crippen LogP) is 4.80. The first-order valence-corrected chi connectivity index (χ1v) is 13.3. The van der Waals surface area contributed by atoms with Gasteiger partial charge in [0, 0.05) is 18.8 Å². The highest BCUT2D eigenvalue weighted by Crippen LogP contribution is 2.27. The third kappa shape index (κ3) is 6.04. The SMILES string of the molecule is CCC(C)c1ccccc1NC(=O)C(C)OC(=O)c1ccc(S(=O)(=O)N2CCC(C)CC2)cc1. The van der Waals surface area contributed by atoms with Gasteiger partial charge in [-0.05, 0) is 73.9 Å². The number of carbonyl (C=O) groups is 2. The number of carbonyl (C=O) groups excluding carboxylic acids is 2. The first-order chi connectivity index (χ1) is 16.1. The van der Waals surface area contributed by atoms with Gasteiger partial charge in [0.25, 0.3) is 5.91 Å². The standard InChI is InChI=1S/C26H34N2O5S/c1-5-19(3)23-8-6-7-9-24(23)27-25(29)20(4)33-26(30)21-10-12-22(13-11-21)34(31,32)28-16-14-18(2)15-17-28/h6-13,18-20H,5,14-17H2,1-4H3,(H,27,29). The molecule has 2 atom stereocenters. The van der Waals surface area contributed by atoms with Crippen molar-refractivity contribution in [3.05, 3.63) is 59.7 Å². The summed E-state index contributed by atoms with van der Waals surface area (Å²) in [6.45, 7) is 8.80. The fraction of sp³-hybridized carbons (Fsp3) is 0.462. The van der Waals surface area contributed by atoms with E-state index in [0.717, 1.165) is 24.8 Å². The quantitative estimate of drug-likeness (QED) is 0.541. The Hall–Kier alpha value is -2.71. The number of rotatable bonds is 8. The normalized spacial score (nSPS) is 17.1. The average Bonchev–Trinajstić information content (AvgIpc) is 2.84. The molecule has 3 rings (SSSR count). The first kappa shape index (κ1) is 25.9. The first-order valence-electron chi connectivity index (χ1n) is 11.8. The summed E-state index contributed by atoms with van der Waals surface area (Å²) in [6.07, 6.45) is 1.59. The van der Waals surface area contributed by atoms with Crippen LogP contribution >= 0.6 is 0 Å². The zero-order valence-corrected chi connectivity index (χ0v) is 21.1. The molecule has 34 heavy (non-hydrogen) atoms. The van der Waals surface area contributed by atoms with Gasteiger partial charge in [-0.1, -0.05) is 39.0 Å². The minimum atomic E-state index is -3.60. The summed E-state index contributed by atoms with van der Waals surface area (Å²) in [5.41, 5.74) is 1.91. The van der Waals surface area contributed by atoms with Crippen molar-refractivity contribution in [2.45, 2.75) is 63.9 Å². The molecule has 1 saturated heterocycles. The molecule has 0 aliphatic carbocycles. The van der Waals surface area contributed by atoms with Gasteiger partial charge in [0.05, 0.1) is 10.5 Å². The number of anilines is 1. The molecule has 1 N–H and O–H groups in total. The van der Waals surface area contributed by atoms with E-state index in [1.807, 2.05) is 24.3 Å². The Morgan fingerprint density at radius 2 is 1.68 bits per heavy atom. The predicted molar refractivity (Wildman–Crippen MR) is 132 cm³/mol. The lowest BCUT2D eigenvalue weighted by atomic mass is 9.97. The molecule has 0 radical (unpaired) electrons. The molecule has 0 bridgehead atoms. The Morgan fingerprint density at radius 1 is 1.06 bits per heavy atom. The third-order valence-electron chi connectivity index (χ3n) is 6.49. The van der Waals surface area contributed by atoms with E-state index in [-0.39, 0.29) is 16.4 Å². The average molecular weight is 487 g/mol. The zero-order valence-electron chi connectivity index (χ0n) is 20.3. The summed E-state index contributed by atoms with van der Waals surface area (Å²) in [5, 5.41) is 2.85. The number of benzene rings is 2. The summed E-state index contributed by atoms with van der Waals surface area (Å²) in [4.78, 5) is 25.4. The van der Waals surface area contributed by atoms with Crippen molar-refractivity contribution in [3.8, 4) is 0 Å². The highest BCUT2D eigenvalue weighted by Gasteiger charge is 2.28. The lowest BCUT2D eigenvalue weighted by Gasteiger charge is -2.29. The van der Waals surface area contributed by atoms with Crippen molar-refractivity contribution >= 4 is 27.6 Å². The number of sulfonamides is 1. The lowest BCUT2D eigenvalue weighted by Crippen LogP contribution is -2.37. The molecule has 184 valence electrons. The van der Waals surface area contributed by atoms with Gasteiger partial charge in [-0.3, -0.25) is 4.79 Å². The minimum Gasteiger partial charge on any atom is -0.449 e. The second-order valence-corrected chi connectivity index (χ2v) is 11.0. The van der Waals surface area contributed by atoms with Crippen LogP contribution in [-0.4, -0.2) is 43.8 Å². The molecular weight excluding hydrogens is 452 g/mol. The number of nitrogens with one attached hydrogen (secondary N) is 1.